The van der Waals surface area contributed by atoms with Gasteiger partial charge in [-0.1, -0.05) is 44.6 Å². The lowest BCUT2D eigenvalue weighted by Crippen LogP contribution is -2.20. The molecule has 0 bridgehead atoms. The van der Waals surface area contributed by atoms with E-state index in [1.54, 1.807) is 27.4 Å². The fourth-order valence-electron chi connectivity index (χ4n) is 2.66. The molecule has 0 aliphatic rings. The summed E-state index contributed by atoms with van der Waals surface area (Å²) in [4.78, 5) is 8.12. The third-order valence-electron chi connectivity index (χ3n) is 4.29. The van der Waals surface area contributed by atoms with Crippen molar-refractivity contribution < 1.29 is 4.74 Å². The minimum absolute atomic E-state index is 0.560. The van der Waals surface area contributed by atoms with Crippen molar-refractivity contribution in [2.75, 3.05) is 34.3 Å². The normalized spacial score (nSPS) is 16.2. The van der Waals surface area contributed by atoms with Crippen molar-refractivity contribution in [3.63, 3.8) is 0 Å². The number of hydrogen-bond acceptors (Lipinski definition) is 4. The predicted octanol–water partition coefficient (Wildman–Crippen LogP) is 5.01. The van der Waals surface area contributed by atoms with Gasteiger partial charge in [0, 0.05) is 26.9 Å². The molecule has 1 N–H and O–H groups in total. The van der Waals surface area contributed by atoms with Crippen LogP contribution < -0.4 is 5.32 Å². The molecule has 0 radical (unpaired) electrons. The number of unbranched alkanes of at least 4 members (excludes halogenated alkanes) is 1. The largest absolute Gasteiger partial charge is 0.497 e. The molecule has 0 spiro atoms. The Morgan fingerprint density at radius 3 is 2.56 bits per heavy atom. The molecule has 0 saturated heterocycles. The van der Waals surface area contributed by atoms with E-state index in [1.165, 1.54) is 6.42 Å². The molecule has 0 amide bonds. The molecule has 4 heteroatoms. The van der Waals surface area contributed by atoms with Gasteiger partial charge < -0.3 is 10.1 Å². The summed E-state index contributed by atoms with van der Waals surface area (Å²) in [5.41, 5.74) is 0.813. The molecule has 0 aromatic heterocycles. The summed E-state index contributed by atoms with van der Waals surface area (Å²) in [6.45, 7) is 8.35. The van der Waals surface area contributed by atoms with Gasteiger partial charge in [0.05, 0.1) is 12.8 Å². The Morgan fingerprint density at radius 1 is 1.19 bits per heavy atom. The zero-order valence-electron chi connectivity index (χ0n) is 18.1. The second kappa shape index (κ2) is 17.5. The Kier molecular flexibility index (Phi) is 16.2. The Balaban J connectivity index is 4.54. The average molecular weight is 374 g/mol. The van der Waals surface area contributed by atoms with E-state index in [4.69, 9.17) is 4.74 Å². The molecule has 0 saturated carbocycles. The molecule has 0 aliphatic heterocycles. The number of methoxy groups -OCH3 is 1. The molecule has 0 aliphatic carbocycles. The zero-order valence-corrected chi connectivity index (χ0v) is 18.1. The molecule has 0 fully saturated rings. The van der Waals surface area contributed by atoms with Crippen LogP contribution in [0.3, 0.4) is 0 Å². The molecule has 27 heavy (non-hydrogen) atoms. The number of rotatable bonds is 14. The van der Waals surface area contributed by atoms with Gasteiger partial charge in [0.15, 0.2) is 0 Å². The third-order valence-corrected chi connectivity index (χ3v) is 4.29. The van der Waals surface area contributed by atoms with Gasteiger partial charge in [-0.05, 0) is 56.4 Å². The van der Waals surface area contributed by atoms with Crippen LogP contribution in [0.2, 0.25) is 0 Å². The monoisotopic (exact) mass is 373 g/mol. The van der Waals surface area contributed by atoms with E-state index >= 15 is 0 Å². The Hall–Kier alpha value is -1.94. The molecular weight excluding hydrogens is 334 g/mol. The molecule has 4 nitrogen and oxygen atoms in total. The van der Waals surface area contributed by atoms with Crippen LogP contribution in [0.4, 0.5) is 0 Å². The maximum Gasteiger partial charge on any atom is 0.116 e. The number of ether oxygens (including phenoxy) is 1. The van der Waals surface area contributed by atoms with Crippen LogP contribution in [0, 0.1) is 11.8 Å². The number of nitrogens with zero attached hydrogens (tertiary/aromatic N) is 2. The van der Waals surface area contributed by atoms with Crippen molar-refractivity contribution >= 4 is 11.9 Å². The quantitative estimate of drug-likeness (QED) is 0.153. The van der Waals surface area contributed by atoms with Gasteiger partial charge in [-0.2, -0.15) is 0 Å². The zero-order chi connectivity index (χ0) is 20.3. The fraction of sp³-hybridized carbons (Fsp3) is 0.565. The first kappa shape index (κ1) is 25.1. The summed E-state index contributed by atoms with van der Waals surface area (Å²) in [6, 6.07) is 0. The van der Waals surface area contributed by atoms with Gasteiger partial charge in [0.1, 0.15) is 5.76 Å². The lowest BCUT2D eigenvalue weighted by molar-refractivity contribution is 0.305. The Labute approximate surface area is 166 Å². The van der Waals surface area contributed by atoms with Gasteiger partial charge >= 0.3 is 0 Å². The molecule has 0 aromatic carbocycles. The van der Waals surface area contributed by atoms with Gasteiger partial charge in [-0.3, -0.25) is 9.98 Å². The average Bonchev–Trinajstić information content (AvgIpc) is 2.67. The van der Waals surface area contributed by atoms with E-state index in [-0.39, 0.29) is 0 Å². The van der Waals surface area contributed by atoms with Crippen LogP contribution in [0.5, 0.6) is 0 Å². The van der Waals surface area contributed by atoms with Crippen LogP contribution in [0.15, 0.2) is 58.3 Å². The molecular formula is C23H39N3O. The SMILES string of the molecule is C/C=C/C(C)C(/C=C/CCC)CCNC/C=C(/C=C\C(\C=N\C)=N/C)OC. The highest BCUT2D eigenvalue weighted by atomic mass is 16.5. The first-order valence-corrected chi connectivity index (χ1v) is 9.94. The van der Waals surface area contributed by atoms with E-state index in [1.807, 2.05) is 18.2 Å². The van der Waals surface area contributed by atoms with Crippen LogP contribution in [-0.2, 0) is 4.74 Å². The highest BCUT2D eigenvalue weighted by molar-refractivity contribution is 6.35. The lowest BCUT2D eigenvalue weighted by Gasteiger charge is -2.18. The van der Waals surface area contributed by atoms with Crippen LogP contribution in [-0.4, -0.2) is 46.2 Å². The van der Waals surface area contributed by atoms with Crippen molar-refractivity contribution in [1.82, 2.24) is 5.32 Å². The molecule has 0 rings (SSSR count). The highest BCUT2D eigenvalue weighted by Gasteiger charge is 2.10. The predicted molar refractivity (Wildman–Crippen MR) is 121 cm³/mol. The van der Waals surface area contributed by atoms with Crippen molar-refractivity contribution in [2.45, 2.75) is 40.0 Å². The molecule has 0 aromatic rings. The summed E-state index contributed by atoms with van der Waals surface area (Å²) in [5, 5.41) is 3.49. The minimum atomic E-state index is 0.560. The topological polar surface area (TPSA) is 46.0 Å². The lowest BCUT2D eigenvalue weighted by atomic mass is 9.90. The molecule has 0 heterocycles. The van der Waals surface area contributed by atoms with Crippen LogP contribution >= 0.6 is 0 Å². The number of hydrogen-bond donors (Lipinski definition) is 1. The maximum atomic E-state index is 5.40. The maximum absolute atomic E-state index is 5.40. The van der Waals surface area contributed by atoms with E-state index in [0.717, 1.165) is 37.4 Å². The van der Waals surface area contributed by atoms with Gasteiger partial charge in [0.25, 0.3) is 0 Å². The molecule has 152 valence electrons. The summed E-state index contributed by atoms with van der Waals surface area (Å²) >= 11 is 0. The number of nitrogens with one attached hydrogen (secondary N) is 1. The van der Waals surface area contributed by atoms with E-state index < -0.39 is 0 Å². The standard InChI is InChI=1S/C23H39N3O/c1-7-9-10-12-21(20(3)11-8-2)15-17-26-18-16-23(27-6)14-13-22(25-5)19-24-4/h8,10-14,16,19-21,26H,7,9,15,17-18H2,1-6H3/b11-8+,12-10+,14-13-,23-16-,24-19+,25-22+. The third kappa shape index (κ3) is 13.0. The van der Waals surface area contributed by atoms with Gasteiger partial charge in [-0.15, -0.1) is 0 Å². The Morgan fingerprint density at radius 2 is 1.96 bits per heavy atom. The smallest absolute Gasteiger partial charge is 0.116 e. The Bertz CT molecular complexity index is 542. The van der Waals surface area contributed by atoms with Gasteiger partial charge in [-0.25, -0.2) is 0 Å². The minimum Gasteiger partial charge on any atom is -0.497 e. The van der Waals surface area contributed by atoms with E-state index in [2.05, 4.69) is 60.4 Å². The first-order valence-electron chi connectivity index (χ1n) is 9.94. The second-order valence-corrected chi connectivity index (χ2v) is 6.44. The van der Waals surface area contributed by atoms with Crippen LogP contribution in [0.1, 0.15) is 40.0 Å². The van der Waals surface area contributed by atoms with E-state index in [0.29, 0.717) is 11.8 Å². The number of allylic oxidation sites excluding steroid dienone is 6. The first-order chi connectivity index (χ1) is 13.1. The highest BCUT2D eigenvalue weighted by Crippen LogP contribution is 2.19. The molecule has 2 atom stereocenters. The van der Waals surface area contributed by atoms with Gasteiger partial charge in [0.2, 0.25) is 0 Å². The van der Waals surface area contributed by atoms with Crippen molar-refractivity contribution in [1.29, 1.82) is 0 Å². The summed E-state index contributed by atoms with van der Waals surface area (Å²) in [7, 11) is 5.16. The van der Waals surface area contributed by atoms with Crippen molar-refractivity contribution in [2.24, 2.45) is 21.8 Å². The summed E-state index contributed by atoms with van der Waals surface area (Å²) < 4.78 is 5.40. The summed E-state index contributed by atoms with van der Waals surface area (Å²) in [5.74, 6) is 1.95. The van der Waals surface area contributed by atoms with Crippen LogP contribution in [0.25, 0.3) is 0 Å². The van der Waals surface area contributed by atoms with E-state index in [9.17, 15) is 0 Å². The van der Waals surface area contributed by atoms with Crippen molar-refractivity contribution in [3.8, 4) is 0 Å². The van der Waals surface area contributed by atoms with Crippen molar-refractivity contribution in [3.05, 3.63) is 48.3 Å². The fourth-order valence-corrected chi connectivity index (χ4v) is 2.66. The molecule has 2 unspecified atom stereocenters. The second-order valence-electron chi connectivity index (χ2n) is 6.44. The number of aliphatic imine (C=N–C) groups is 2. The summed E-state index contributed by atoms with van der Waals surface area (Å²) in [6.07, 6.45) is 20.2.